The van der Waals surface area contributed by atoms with Crippen molar-refractivity contribution in [2.24, 2.45) is 0 Å². The number of piperidine rings is 1. The summed E-state index contributed by atoms with van der Waals surface area (Å²) in [5.41, 5.74) is 1.11. The summed E-state index contributed by atoms with van der Waals surface area (Å²) in [5, 5.41) is 4.05. The van der Waals surface area contributed by atoms with Gasteiger partial charge in [-0.15, -0.1) is 0 Å². The van der Waals surface area contributed by atoms with E-state index in [9.17, 15) is 4.79 Å². The van der Waals surface area contributed by atoms with Crippen molar-refractivity contribution >= 4 is 17.2 Å². The molecule has 3 rings (SSSR count). The van der Waals surface area contributed by atoms with Crippen molar-refractivity contribution in [1.29, 1.82) is 0 Å². The number of nitrogens with zero attached hydrogens (tertiary/aromatic N) is 2. The Bertz CT molecular complexity index is 563. The van der Waals surface area contributed by atoms with E-state index in [4.69, 9.17) is 4.74 Å². The Morgan fingerprint density at radius 2 is 2.05 bits per heavy atom. The fourth-order valence-corrected chi connectivity index (χ4v) is 3.18. The van der Waals surface area contributed by atoms with E-state index in [1.54, 1.807) is 23.7 Å². The van der Waals surface area contributed by atoms with E-state index < -0.39 is 0 Å². The molecular formula is C16H18N2O2S. The number of aromatic nitrogens is 1. The molecule has 2 aromatic heterocycles. The first-order valence-corrected chi connectivity index (χ1v) is 8.11. The molecule has 5 heteroatoms. The third kappa shape index (κ3) is 3.82. The Hall–Kier alpha value is -1.88. The van der Waals surface area contributed by atoms with Crippen LogP contribution in [0.2, 0.25) is 0 Å². The van der Waals surface area contributed by atoms with Crippen LogP contribution in [-0.4, -0.2) is 35.0 Å². The predicted octanol–water partition coefficient (Wildman–Crippen LogP) is 2.76. The second-order valence-electron chi connectivity index (χ2n) is 5.19. The first kappa shape index (κ1) is 14.1. The van der Waals surface area contributed by atoms with Crippen LogP contribution in [0.5, 0.6) is 5.75 Å². The van der Waals surface area contributed by atoms with Gasteiger partial charge in [0.1, 0.15) is 11.9 Å². The highest BCUT2D eigenvalue weighted by molar-refractivity contribution is 7.07. The van der Waals surface area contributed by atoms with Gasteiger partial charge < -0.3 is 9.64 Å². The summed E-state index contributed by atoms with van der Waals surface area (Å²) in [4.78, 5) is 18.1. The van der Waals surface area contributed by atoms with Gasteiger partial charge in [0.05, 0.1) is 6.42 Å². The lowest BCUT2D eigenvalue weighted by atomic mass is 10.1. The van der Waals surface area contributed by atoms with Gasteiger partial charge in [0.15, 0.2) is 0 Å². The summed E-state index contributed by atoms with van der Waals surface area (Å²) in [7, 11) is 0. The average molecular weight is 302 g/mol. The molecule has 0 bridgehead atoms. The average Bonchev–Trinajstić information content (AvgIpc) is 3.02. The number of hydrogen-bond acceptors (Lipinski definition) is 4. The molecule has 0 saturated carbocycles. The normalized spacial score (nSPS) is 15.9. The van der Waals surface area contributed by atoms with E-state index in [1.807, 2.05) is 33.9 Å². The maximum absolute atomic E-state index is 12.2. The number of likely N-dealkylation sites (tertiary alicyclic amines) is 1. The first-order valence-electron chi connectivity index (χ1n) is 7.17. The highest BCUT2D eigenvalue weighted by atomic mass is 32.1. The second-order valence-corrected chi connectivity index (χ2v) is 5.97. The maximum atomic E-state index is 12.2. The molecule has 0 aromatic carbocycles. The van der Waals surface area contributed by atoms with Gasteiger partial charge in [-0.2, -0.15) is 11.3 Å². The van der Waals surface area contributed by atoms with Crippen LogP contribution in [0.25, 0.3) is 0 Å². The summed E-state index contributed by atoms with van der Waals surface area (Å²) in [6.45, 7) is 1.55. The maximum Gasteiger partial charge on any atom is 0.227 e. The SMILES string of the molecule is O=C(Cc1ccsc1)N1CCC(Oc2ccncc2)CC1. The summed E-state index contributed by atoms with van der Waals surface area (Å²) >= 11 is 1.63. The minimum Gasteiger partial charge on any atom is -0.490 e. The first-order chi connectivity index (χ1) is 10.3. The Morgan fingerprint density at radius 1 is 1.29 bits per heavy atom. The molecule has 1 fully saturated rings. The highest BCUT2D eigenvalue weighted by Crippen LogP contribution is 2.19. The summed E-state index contributed by atoms with van der Waals surface area (Å²) in [5.74, 6) is 1.07. The van der Waals surface area contributed by atoms with Gasteiger partial charge in [-0.25, -0.2) is 0 Å². The topological polar surface area (TPSA) is 42.4 Å². The molecule has 0 spiro atoms. The molecule has 3 heterocycles. The highest BCUT2D eigenvalue weighted by Gasteiger charge is 2.23. The van der Waals surface area contributed by atoms with E-state index in [1.165, 1.54) is 0 Å². The van der Waals surface area contributed by atoms with Crippen LogP contribution in [0, 0.1) is 0 Å². The van der Waals surface area contributed by atoms with Crippen LogP contribution in [0.4, 0.5) is 0 Å². The van der Waals surface area contributed by atoms with Crippen molar-refractivity contribution in [3.05, 3.63) is 46.9 Å². The van der Waals surface area contributed by atoms with Gasteiger partial charge in [-0.1, -0.05) is 0 Å². The molecule has 21 heavy (non-hydrogen) atoms. The van der Waals surface area contributed by atoms with Gasteiger partial charge in [0, 0.05) is 38.3 Å². The number of carbonyl (C=O) groups is 1. The molecule has 0 unspecified atom stereocenters. The molecule has 0 aliphatic carbocycles. The van der Waals surface area contributed by atoms with Crippen LogP contribution < -0.4 is 4.74 Å². The number of rotatable bonds is 4. The molecule has 1 aliphatic heterocycles. The van der Waals surface area contributed by atoms with E-state index in [-0.39, 0.29) is 12.0 Å². The summed E-state index contributed by atoms with van der Waals surface area (Å²) in [6, 6.07) is 5.75. The fraction of sp³-hybridized carbons (Fsp3) is 0.375. The lowest BCUT2D eigenvalue weighted by Gasteiger charge is -2.32. The standard InChI is InChI=1S/C16H18N2O2S/c19-16(11-13-5-10-21-12-13)18-8-3-15(4-9-18)20-14-1-6-17-7-2-14/h1-2,5-7,10,12,15H,3-4,8-9,11H2. The van der Waals surface area contributed by atoms with E-state index in [2.05, 4.69) is 4.98 Å². The van der Waals surface area contributed by atoms with E-state index >= 15 is 0 Å². The summed E-state index contributed by atoms with van der Waals surface area (Å²) in [6.07, 6.45) is 5.94. The Labute approximate surface area is 128 Å². The number of thiophene rings is 1. The van der Waals surface area contributed by atoms with Crippen LogP contribution in [0.1, 0.15) is 18.4 Å². The monoisotopic (exact) mass is 302 g/mol. The Morgan fingerprint density at radius 3 is 2.71 bits per heavy atom. The largest absolute Gasteiger partial charge is 0.490 e. The van der Waals surface area contributed by atoms with Crippen molar-refractivity contribution in [3.8, 4) is 5.75 Å². The predicted molar refractivity (Wildman–Crippen MR) is 82.5 cm³/mol. The van der Waals surface area contributed by atoms with Crippen LogP contribution in [-0.2, 0) is 11.2 Å². The van der Waals surface area contributed by atoms with Gasteiger partial charge in [-0.3, -0.25) is 9.78 Å². The van der Waals surface area contributed by atoms with Crippen molar-refractivity contribution in [2.45, 2.75) is 25.4 Å². The smallest absolute Gasteiger partial charge is 0.227 e. The van der Waals surface area contributed by atoms with Crippen molar-refractivity contribution in [1.82, 2.24) is 9.88 Å². The number of carbonyl (C=O) groups excluding carboxylic acids is 1. The van der Waals surface area contributed by atoms with Gasteiger partial charge in [-0.05, 0) is 34.5 Å². The minimum atomic E-state index is 0.192. The number of pyridine rings is 1. The number of amides is 1. The molecule has 1 saturated heterocycles. The van der Waals surface area contributed by atoms with Crippen molar-refractivity contribution in [2.75, 3.05) is 13.1 Å². The molecule has 110 valence electrons. The van der Waals surface area contributed by atoms with Gasteiger partial charge in [0.25, 0.3) is 0 Å². The molecular weight excluding hydrogens is 284 g/mol. The number of hydrogen-bond donors (Lipinski definition) is 0. The van der Waals surface area contributed by atoms with E-state index in [0.717, 1.165) is 37.2 Å². The lowest BCUT2D eigenvalue weighted by molar-refractivity contribution is -0.132. The van der Waals surface area contributed by atoms with Gasteiger partial charge >= 0.3 is 0 Å². The molecule has 1 aliphatic rings. The fourth-order valence-electron chi connectivity index (χ4n) is 2.51. The quantitative estimate of drug-likeness (QED) is 0.872. The molecule has 0 radical (unpaired) electrons. The molecule has 0 atom stereocenters. The van der Waals surface area contributed by atoms with Crippen molar-refractivity contribution < 1.29 is 9.53 Å². The summed E-state index contributed by atoms with van der Waals surface area (Å²) < 4.78 is 5.91. The lowest BCUT2D eigenvalue weighted by Crippen LogP contribution is -2.42. The molecule has 1 amide bonds. The van der Waals surface area contributed by atoms with Crippen molar-refractivity contribution in [3.63, 3.8) is 0 Å². The zero-order chi connectivity index (χ0) is 14.5. The Kier molecular flexibility index (Phi) is 4.50. The molecule has 0 N–H and O–H groups in total. The zero-order valence-electron chi connectivity index (χ0n) is 11.8. The Balaban J connectivity index is 1.47. The third-order valence-electron chi connectivity index (χ3n) is 3.68. The van der Waals surface area contributed by atoms with Crippen LogP contribution in [0.3, 0.4) is 0 Å². The van der Waals surface area contributed by atoms with Crippen LogP contribution in [0.15, 0.2) is 41.4 Å². The second kappa shape index (κ2) is 6.72. The molecule has 2 aromatic rings. The number of ether oxygens (including phenoxy) is 1. The van der Waals surface area contributed by atoms with Gasteiger partial charge in [0.2, 0.25) is 5.91 Å². The van der Waals surface area contributed by atoms with E-state index in [0.29, 0.717) is 6.42 Å². The third-order valence-corrected chi connectivity index (χ3v) is 4.41. The zero-order valence-corrected chi connectivity index (χ0v) is 12.6. The van der Waals surface area contributed by atoms with Crippen LogP contribution >= 0.6 is 11.3 Å². The minimum absolute atomic E-state index is 0.192. The molecule has 4 nitrogen and oxygen atoms in total.